The Labute approximate surface area is 167 Å². The summed E-state index contributed by atoms with van der Waals surface area (Å²) in [6, 6.07) is 24.8. The van der Waals surface area contributed by atoms with Crippen molar-refractivity contribution in [2.75, 3.05) is 13.2 Å². The number of hydrogen-bond acceptors (Lipinski definition) is 2. The van der Waals surface area contributed by atoms with Crippen LogP contribution in [-0.4, -0.2) is 19.2 Å². The fraction of sp³-hybridized carbons (Fsp3) is 0.174. The maximum absolute atomic E-state index is 12.1. The Hall–Kier alpha value is -2.59. The Morgan fingerprint density at radius 1 is 0.889 bits per heavy atom. The van der Waals surface area contributed by atoms with Crippen molar-refractivity contribution in [1.29, 1.82) is 0 Å². The molecule has 1 N–H and O–H groups in total. The van der Waals surface area contributed by atoms with Gasteiger partial charge in [-0.2, -0.15) is 0 Å². The highest BCUT2D eigenvalue weighted by Crippen LogP contribution is 2.44. The largest absolute Gasteiger partial charge is 0.449 e. The second-order valence-electron chi connectivity index (χ2n) is 6.63. The second-order valence-corrected chi connectivity index (χ2v) is 7.54. The lowest BCUT2D eigenvalue weighted by atomic mass is 9.98. The van der Waals surface area contributed by atoms with E-state index in [1.807, 2.05) is 48.5 Å². The quantitative estimate of drug-likeness (QED) is 0.587. The predicted molar refractivity (Wildman–Crippen MR) is 111 cm³/mol. The van der Waals surface area contributed by atoms with Gasteiger partial charge in [0.05, 0.1) is 0 Å². The molecular weight excluding hydrogens is 402 g/mol. The number of carbonyl (C=O) groups is 1. The minimum absolute atomic E-state index is 0.0922. The van der Waals surface area contributed by atoms with Crippen molar-refractivity contribution in [2.45, 2.75) is 12.3 Å². The van der Waals surface area contributed by atoms with Gasteiger partial charge in [0.15, 0.2) is 0 Å². The minimum Gasteiger partial charge on any atom is -0.449 e. The summed E-state index contributed by atoms with van der Waals surface area (Å²) in [6.45, 7) is 0.899. The first kappa shape index (κ1) is 17.8. The summed E-state index contributed by atoms with van der Waals surface area (Å²) in [5.41, 5.74) is 6.09. The zero-order chi connectivity index (χ0) is 18.6. The zero-order valence-electron chi connectivity index (χ0n) is 14.8. The van der Waals surface area contributed by atoms with E-state index >= 15 is 0 Å². The highest BCUT2D eigenvalue weighted by atomic mass is 79.9. The molecule has 3 aromatic rings. The molecule has 0 atom stereocenters. The first-order valence-corrected chi connectivity index (χ1v) is 9.85. The van der Waals surface area contributed by atoms with Crippen molar-refractivity contribution in [3.8, 4) is 11.1 Å². The van der Waals surface area contributed by atoms with E-state index in [4.69, 9.17) is 4.74 Å². The number of carbonyl (C=O) groups excluding carboxylic acids is 1. The fourth-order valence-electron chi connectivity index (χ4n) is 3.61. The molecule has 27 heavy (non-hydrogen) atoms. The van der Waals surface area contributed by atoms with Gasteiger partial charge in [0.25, 0.3) is 0 Å². The first-order valence-electron chi connectivity index (χ1n) is 9.05. The Bertz CT molecular complexity index is 907. The normalized spacial score (nSPS) is 12.3. The molecule has 136 valence electrons. The van der Waals surface area contributed by atoms with Gasteiger partial charge in [-0.3, -0.25) is 0 Å². The van der Waals surface area contributed by atoms with E-state index in [2.05, 4.69) is 45.5 Å². The Morgan fingerprint density at radius 2 is 1.48 bits per heavy atom. The van der Waals surface area contributed by atoms with E-state index < -0.39 is 0 Å². The second kappa shape index (κ2) is 7.97. The number of halogens is 1. The molecule has 3 nitrogen and oxygen atoms in total. The number of amides is 1. The molecule has 3 aromatic carbocycles. The summed E-state index contributed by atoms with van der Waals surface area (Å²) < 4.78 is 6.59. The fourth-order valence-corrected chi connectivity index (χ4v) is 3.87. The third kappa shape index (κ3) is 3.91. The molecule has 0 heterocycles. The number of nitrogens with one attached hydrogen (secondary N) is 1. The summed E-state index contributed by atoms with van der Waals surface area (Å²) in [4.78, 5) is 12.1. The molecular formula is C23H20BrNO2. The van der Waals surface area contributed by atoms with Crippen molar-refractivity contribution in [1.82, 2.24) is 5.32 Å². The predicted octanol–water partition coefficient (Wildman–Crippen LogP) is 5.53. The molecule has 0 aliphatic heterocycles. The van der Waals surface area contributed by atoms with Gasteiger partial charge in [-0.25, -0.2) is 4.79 Å². The van der Waals surface area contributed by atoms with Gasteiger partial charge >= 0.3 is 6.09 Å². The number of hydrogen-bond donors (Lipinski definition) is 1. The van der Waals surface area contributed by atoms with Gasteiger partial charge in [0, 0.05) is 16.9 Å². The molecule has 0 unspecified atom stereocenters. The highest BCUT2D eigenvalue weighted by Gasteiger charge is 2.28. The number of alkyl carbamates (subject to hydrolysis) is 1. The Balaban J connectivity index is 1.34. The van der Waals surface area contributed by atoms with Crippen LogP contribution in [0.5, 0.6) is 0 Å². The van der Waals surface area contributed by atoms with E-state index in [1.165, 1.54) is 27.8 Å². The summed E-state index contributed by atoms with van der Waals surface area (Å²) in [6.07, 6.45) is 0.409. The summed E-state index contributed by atoms with van der Waals surface area (Å²) >= 11 is 3.42. The standard InChI is InChI=1S/C23H20BrNO2/c24-17-11-9-16(10-12-17)13-14-25-23(26)27-15-22-20-7-3-1-5-18(20)19-6-2-4-8-21(19)22/h1-12,22H,13-15H2,(H,25,26). The molecule has 4 rings (SSSR count). The molecule has 0 spiro atoms. The van der Waals surface area contributed by atoms with Crippen molar-refractivity contribution in [3.63, 3.8) is 0 Å². The van der Waals surface area contributed by atoms with Crippen LogP contribution in [0.2, 0.25) is 0 Å². The van der Waals surface area contributed by atoms with E-state index in [-0.39, 0.29) is 12.0 Å². The number of benzene rings is 3. The summed E-state index contributed by atoms with van der Waals surface area (Å²) in [5, 5.41) is 2.84. The lowest BCUT2D eigenvalue weighted by Crippen LogP contribution is -2.28. The van der Waals surface area contributed by atoms with Gasteiger partial charge in [-0.15, -0.1) is 0 Å². The summed E-state index contributed by atoms with van der Waals surface area (Å²) in [5.74, 6) is 0.0922. The Kier molecular flexibility index (Phi) is 5.26. The van der Waals surface area contributed by atoms with E-state index in [1.54, 1.807) is 0 Å². The minimum atomic E-state index is -0.367. The lowest BCUT2D eigenvalue weighted by Gasteiger charge is -2.14. The summed E-state index contributed by atoms with van der Waals surface area (Å²) in [7, 11) is 0. The molecule has 1 amide bonds. The van der Waals surface area contributed by atoms with Crippen LogP contribution in [0.1, 0.15) is 22.6 Å². The van der Waals surface area contributed by atoms with E-state index in [0.717, 1.165) is 10.9 Å². The maximum Gasteiger partial charge on any atom is 0.407 e. The number of rotatable bonds is 5. The van der Waals surface area contributed by atoms with Crippen LogP contribution in [0.3, 0.4) is 0 Å². The number of ether oxygens (including phenoxy) is 1. The van der Waals surface area contributed by atoms with Crippen LogP contribution < -0.4 is 5.32 Å². The van der Waals surface area contributed by atoms with Gasteiger partial charge in [0.1, 0.15) is 6.61 Å². The average Bonchev–Trinajstić information content (AvgIpc) is 3.02. The van der Waals surface area contributed by atoms with Crippen LogP contribution in [-0.2, 0) is 11.2 Å². The van der Waals surface area contributed by atoms with Crippen LogP contribution >= 0.6 is 15.9 Å². The van der Waals surface area contributed by atoms with Crippen molar-refractivity contribution >= 4 is 22.0 Å². The van der Waals surface area contributed by atoms with Gasteiger partial charge in [-0.05, 0) is 46.4 Å². The third-order valence-electron chi connectivity index (χ3n) is 4.94. The van der Waals surface area contributed by atoms with E-state index in [0.29, 0.717) is 13.2 Å². The molecule has 0 radical (unpaired) electrons. The molecule has 0 aromatic heterocycles. The molecule has 4 heteroatoms. The van der Waals surface area contributed by atoms with Gasteiger partial charge < -0.3 is 10.1 Å². The molecule has 0 fully saturated rings. The van der Waals surface area contributed by atoms with Crippen LogP contribution in [0.25, 0.3) is 11.1 Å². The highest BCUT2D eigenvalue weighted by molar-refractivity contribution is 9.10. The first-order chi connectivity index (χ1) is 13.2. The van der Waals surface area contributed by atoms with Crippen molar-refractivity contribution in [2.24, 2.45) is 0 Å². The van der Waals surface area contributed by atoms with Gasteiger partial charge in [-0.1, -0.05) is 76.6 Å². The van der Waals surface area contributed by atoms with Crippen LogP contribution in [0.15, 0.2) is 77.3 Å². The molecule has 0 saturated carbocycles. The smallest absolute Gasteiger partial charge is 0.407 e. The molecule has 0 bridgehead atoms. The molecule has 1 aliphatic carbocycles. The third-order valence-corrected chi connectivity index (χ3v) is 5.47. The Morgan fingerprint density at radius 3 is 2.11 bits per heavy atom. The van der Waals surface area contributed by atoms with Crippen molar-refractivity contribution in [3.05, 3.63) is 94.0 Å². The monoisotopic (exact) mass is 421 g/mol. The van der Waals surface area contributed by atoms with Gasteiger partial charge in [0.2, 0.25) is 0 Å². The molecule has 0 saturated heterocycles. The topological polar surface area (TPSA) is 38.3 Å². The lowest BCUT2D eigenvalue weighted by molar-refractivity contribution is 0.143. The van der Waals surface area contributed by atoms with Crippen LogP contribution in [0.4, 0.5) is 4.79 Å². The maximum atomic E-state index is 12.1. The van der Waals surface area contributed by atoms with E-state index in [9.17, 15) is 4.79 Å². The average molecular weight is 422 g/mol. The molecule has 1 aliphatic rings. The number of fused-ring (bicyclic) bond motifs is 3. The SMILES string of the molecule is O=C(NCCc1ccc(Br)cc1)OCC1c2ccccc2-c2ccccc21. The zero-order valence-corrected chi connectivity index (χ0v) is 16.4. The van der Waals surface area contributed by atoms with Crippen LogP contribution in [0, 0.1) is 0 Å². The van der Waals surface area contributed by atoms with Crippen molar-refractivity contribution < 1.29 is 9.53 Å².